The van der Waals surface area contributed by atoms with Crippen LogP contribution in [0.3, 0.4) is 0 Å². The molecule has 1 nitrogen and oxygen atoms in total. The molecule has 0 radical (unpaired) electrons. The third-order valence-corrected chi connectivity index (χ3v) is 3.37. The fourth-order valence-corrected chi connectivity index (χ4v) is 2.18. The Hall–Kier alpha value is -1.05. The van der Waals surface area contributed by atoms with Gasteiger partial charge in [-0.3, -0.25) is 0 Å². The predicted molar refractivity (Wildman–Crippen MR) is 68.0 cm³/mol. The van der Waals surface area contributed by atoms with Crippen LogP contribution in [0, 0.1) is 5.82 Å². The molecule has 0 aromatic heterocycles. The second kappa shape index (κ2) is 5.52. The molecule has 0 N–H and O–H groups in total. The van der Waals surface area contributed by atoms with Crippen LogP contribution in [-0.2, 0) is 0 Å². The molecule has 1 unspecified atom stereocenters. The van der Waals surface area contributed by atoms with Crippen LogP contribution in [0.2, 0.25) is 0 Å². The summed E-state index contributed by atoms with van der Waals surface area (Å²) in [4.78, 5) is 0. The predicted octanol–water partition coefficient (Wildman–Crippen LogP) is 4.66. The molecular weight excluding hydrogens is 215 g/mol. The molecular formula is C15H21FO. The maximum Gasteiger partial charge on any atom is 0.165 e. The van der Waals surface area contributed by atoms with Crippen LogP contribution in [0.1, 0.15) is 57.4 Å². The summed E-state index contributed by atoms with van der Waals surface area (Å²) in [5.74, 6) is 0.744. The molecule has 1 aliphatic rings. The second-order valence-electron chi connectivity index (χ2n) is 4.90. The summed E-state index contributed by atoms with van der Waals surface area (Å²) in [6.45, 7) is 4.37. The van der Waals surface area contributed by atoms with Crippen LogP contribution in [0.25, 0.3) is 0 Å². The molecule has 94 valence electrons. The van der Waals surface area contributed by atoms with Crippen molar-refractivity contribution in [3.63, 3.8) is 0 Å². The Morgan fingerprint density at radius 1 is 1.35 bits per heavy atom. The van der Waals surface area contributed by atoms with Crippen LogP contribution in [-0.4, -0.2) is 6.10 Å². The van der Waals surface area contributed by atoms with Gasteiger partial charge in [-0.15, -0.1) is 0 Å². The van der Waals surface area contributed by atoms with E-state index in [-0.39, 0.29) is 11.9 Å². The van der Waals surface area contributed by atoms with Gasteiger partial charge < -0.3 is 4.74 Å². The van der Waals surface area contributed by atoms with Gasteiger partial charge in [0, 0.05) is 0 Å². The SMILES string of the molecule is CCCC(CC)c1ccc(F)c(OC2CC2)c1. The van der Waals surface area contributed by atoms with Gasteiger partial charge in [-0.1, -0.05) is 26.3 Å². The van der Waals surface area contributed by atoms with Gasteiger partial charge in [-0.25, -0.2) is 4.39 Å². The summed E-state index contributed by atoms with van der Waals surface area (Å²) >= 11 is 0. The lowest BCUT2D eigenvalue weighted by Gasteiger charge is -2.16. The van der Waals surface area contributed by atoms with Gasteiger partial charge in [-0.2, -0.15) is 0 Å². The van der Waals surface area contributed by atoms with Gasteiger partial charge in [0.15, 0.2) is 11.6 Å². The van der Waals surface area contributed by atoms with E-state index in [0.717, 1.165) is 32.1 Å². The fourth-order valence-electron chi connectivity index (χ4n) is 2.18. The zero-order chi connectivity index (χ0) is 12.3. The normalized spacial score (nSPS) is 16.9. The first kappa shape index (κ1) is 12.4. The summed E-state index contributed by atoms with van der Waals surface area (Å²) in [5.41, 5.74) is 1.21. The van der Waals surface area contributed by atoms with E-state index in [9.17, 15) is 4.39 Å². The molecule has 17 heavy (non-hydrogen) atoms. The lowest BCUT2D eigenvalue weighted by molar-refractivity contribution is 0.287. The number of hydrogen-bond acceptors (Lipinski definition) is 1. The summed E-state index contributed by atoms with van der Waals surface area (Å²) in [6.07, 6.45) is 5.80. The maximum atomic E-state index is 13.6. The molecule has 1 aromatic carbocycles. The van der Waals surface area contributed by atoms with Crippen molar-refractivity contribution < 1.29 is 9.13 Å². The minimum atomic E-state index is -0.230. The van der Waals surface area contributed by atoms with Crippen molar-refractivity contribution in [3.05, 3.63) is 29.6 Å². The smallest absolute Gasteiger partial charge is 0.165 e. The van der Waals surface area contributed by atoms with E-state index in [1.807, 2.05) is 12.1 Å². The van der Waals surface area contributed by atoms with Crippen LogP contribution < -0.4 is 4.74 Å². The molecule has 0 saturated heterocycles. The van der Waals surface area contributed by atoms with Gasteiger partial charge in [0.25, 0.3) is 0 Å². The van der Waals surface area contributed by atoms with E-state index in [1.54, 1.807) is 6.07 Å². The van der Waals surface area contributed by atoms with E-state index in [2.05, 4.69) is 13.8 Å². The number of hydrogen-bond donors (Lipinski definition) is 0. The Morgan fingerprint density at radius 2 is 2.12 bits per heavy atom. The van der Waals surface area contributed by atoms with Crippen molar-refractivity contribution in [2.75, 3.05) is 0 Å². The molecule has 1 atom stereocenters. The highest BCUT2D eigenvalue weighted by atomic mass is 19.1. The lowest BCUT2D eigenvalue weighted by atomic mass is 9.92. The highest BCUT2D eigenvalue weighted by Gasteiger charge is 2.25. The number of rotatable bonds is 6. The molecule has 0 aliphatic heterocycles. The van der Waals surface area contributed by atoms with Crippen molar-refractivity contribution in [1.82, 2.24) is 0 Å². The van der Waals surface area contributed by atoms with Gasteiger partial charge in [0.1, 0.15) is 0 Å². The van der Waals surface area contributed by atoms with Crippen molar-refractivity contribution in [3.8, 4) is 5.75 Å². The Bertz CT molecular complexity index is 371. The molecule has 2 heteroatoms. The largest absolute Gasteiger partial charge is 0.487 e. The van der Waals surface area contributed by atoms with E-state index in [4.69, 9.17) is 4.74 Å². The van der Waals surface area contributed by atoms with Crippen molar-refractivity contribution in [1.29, 1.82) is 0 Å². The number of ether oxygens (including phenoxy) is 1. The number of halogens is 1. The summed E-state index contributed by atoms with van der Waals surface area (Å²) in [5, 5.41) is 0. The molecule has 2 rings (SSSR count). The first-order chi connectivity index (χ1) is 8.24. The average molecular weight is 236 g/mol. The zero-order valence-electron chi connectivity index (χ0n) is 10.7. The van der Waals surface area contributed by atoms with E-state index >= 15 is 0 Å². The van der Waals surface area contributed by atoms with Crippen molar-refractivity contribution in [2.45, 2.75) is 58.0 Å². The summed E-state index contributed by atoms with van der Waals surface area (Å²) < 4.78 is 19.2. The summed E-state index contributed by atoms with van der Waals surface area (Å²) in [6, 6.07) is 5.35. The molecule has 1 aliphatic carbocycles. The fraction of sp³-hybridized carbons (Fsp3) is 0.600. The van der Waals surface area contributed by atoms with Gasteiger partial charge in [0.2, 0.25) is 0 Å². The molecule has 0 spiro atoms. The van der Waals surface area contributed by atoms with E-state index < -0.39 is 0 Å². The highest BCUT2D eigenvalue weighted by Crippen LogP contribution is 2.32. The van der Waals surface area contributed by atoms with Crippen LogP contribution in [0.15, 0.2) is 18.2 Å². The summed E-state index contributed by atoms with van der Waals surface area (Å²) in [7, 11) is 0. The van der Waals surface area contributed by atoms with Crippen LogP contribution in [0.5, 0.6) is 5.75 Å². The van der Waals surface area contributed by atoms with Crippen molar-refractivity contribution >= 4 is 0 Å². The third kappa shape index (κ3) is 3.21. The van der Waals surface area contributed by atoms with E-state index in [1.165, 1.54) is 5.56 Å². The first-order valence-corrected chi connectivity index (χ1v) is 6.70. The molecule has 1 saturated carbocycles. The Kier molecular flexibility index (Phi) is 4.03. The average Bonchev–Trinajstić information content (AvgIpc) is 3.13. The monoisotopic (exact) mass is 236 g/mol. The topological polar surface area (TPSA) is 9.23 Å². The Balaban J connectivity index is 2.15. The molecule has 0 heterocycles. The molecule has 1 fully saturated rings. The van der Waals surface area contributed by atoms with Gasteiger partial charge >= 0.3 is 0 Å². The number of benzene rings is 1. The maximum absolute atomic E-state index is 13.6. The molecule has 1 aromatic rings. The Labute approximate surface area is 103 Å². The Morgan fingerprint density at radius 3 is 2.71 bits per heavy atom. The minimum absolute atomic E-state index is 0.230. The van der Waals surface area contributed by atoms with Crippen molar-refractivity contribution in [2.24, 2.45) is 0 Å². The quantitative estimate of drug-likeness (QED) is 0.698. The van der Waals surface area contributed by atoms with Gasteiger partial charge in [-0.05, 0) is 49.3 Å². The standard InChI is InChI=1S/C15H21FO/c1-3-5-11(4-2)12-6-9-14(16)15(10-12)17-13-7-8-13/h6,9-11,13H,3-5,7-8H2,1-2H3. The van der Waals surface area contributed by atoms with Crippen LogP contribution >= 0.6 is 0 Å². The second-order valence-corrected chi connectivity index (χ2v) is 4.90. The van der Waals surface area contributed by atoms with Crippen LogP contribution in [0.4, 0.5) is 4.39 Å². The van der Waals surface area contributed by atoms with Gasteiger partial charge in [0.05, 0.1) is 6.10 Å². The first-order valence-electron chi connectivity index (χ1n) is 6.70. The molecule has 0 amide bonds. The third-order valence-electron chi connectivity index (χ3n) is 3.37. The zero-order valence-corrected chi connectivity index (χ0v) is 10.7. The molecule has 0 bridgehead atoms. The highest BCUT2D eigenvalue weighted by molar-refractivity contribution is 5.33. The lowest BCUT2D eigenvalue weighted by Crippen LogP contribution is -2.02. The van der Waals surface area contributed by atoms with E-state index in [0.29, 0.717) is 11.7 Å². The minimum Gasteiger partial charge on any atom is -0.487 e.